The predicted octanol–water partition coefficient (Wildman–Crippen LogP) is 2.16. The fraction of sp³-hybridized carbons (Fsp3) is 0.727. The average Bonchev–Trinajstić information content (AvgIpc) is 3.20. The summed E-state index contributed by atoms with van der Waals surface area (Å²) in [5.74, 6) is -3.44. The fourth-order valence-electron chi connectivity index (χ4n) is 3.75. The summed E-state index contributed by atoms with van der Waals surface area (Å²) in [6.07, 6.45) is 6.16. The zero-order chi connectivity index (χ0) is 23.7. The van der Waals surface area contributed by atoms with Crippen LogP contribution in [0.15, 0.2) is 5.38 Å². The predicted molar refractivity (Wildman–Crippen MR) is 123 cm³/mol. The Labute approximate surface area is 193 Å². The molecule has 0 unspecified atom stereocenters. The number of rotatable bonds is 5. The summed E-state index contributed by atoms with van der Waals surface area (Å²) in [5, 5.41) is 21.4. The van der Waals surface area contributed by atoms with E-state index in [2.05, 4.69) is 41.3 Å². The van der Waals surface area contributed by atoms with Gasteiger partial charge in [0.2, 0.25) is 5.91 Å². The van der Waals surface area contributed by atoms with Gasteiger partial charge < -0.3 is 15.5 Å². The van der Waals surface area contributed by atoms with Crippen LogP contribution >= 0.6 is 11.3 Å². The molecule has 1 aromatic rings. The number of nitrogens with one attached hydrogen (secondary N) is 1. The van der Waals surface area contributed by atoms with Crippen molar-refractivity contribution in [2.24, 2.45) is 0 Å². The van der Waals surface area contributed by atoms with E-state index in [1.807, 2.05) is 0 Å². The van der Waals surface area contributed by atoms with Crippen LogP contribution in [0, 0.1) is 0 Å². The van der Waals surface area contributed by atoms with Gasteiger partial charge in [0, 0.05) is 43.0 Å². The van der Waals surface area contributed by atoms with Gasteiger partial charge in [-0.25, -0.2) is 14.6 Å². The molecule has 1 aromatic heterocycles. The van der Waals surface area contributed by atoms with E-state index in [0.29, 0.717) is 12.6 Å². The van der Waals surface area contributed by atoms with E-state index >= 15 is 0 Å². The lowest BCUT2D eigenvalue weighted by molar-refractivity contribution is -0.159. The normalized spacial score (nSPS) is 18.5. The van der Waals surface area contributed by atoms with Crippen molar-refractivity contribution in [2.75, 3.05) is 32.7 Å². The van der Waals surface area contributed by atoms with E-state index in [0.717, 1.165) is 45.6 Å². The number of carbonyl (C=O) groups is 3. The Kier molecular flexibility index (Phi) is 10.0. The molecular formula is C22H36N4O5S. The lowest BCUT2D eigenvalue weighted by Gasteiger charge is -2.34. The van der Waals surface area contributed by atoms with Crippen molar-refractivity contribution in [3.05, 3.63) is 16.1 Å². The highest BCUT2D eigenvalue weighted by atomic mass is 32.1. The third kappa shape index (κ3) is 9.22. The maximum Gasteiger partial charge on any atom is 0.414 e. The minimum absolute atomic E-state index is 0.124. The summed E-state index contributed by atoms with van der Waals surface area (Å²) < 4.78 is 0. The number of hydrogen-bond donors (Lipinski definition) is 3. The Morgan fingerprint density at radius 3 is 2.09 bits per heavy atom. The van der Waals surface area contributed by atoms with E-state index in [4.69, 9.17) is 24.8 Å². The third-order valence-corrected chi connectivity index (χ3v) is 6.50. The first-order valence-electron chi connectivity index (χ1n) is 11.2. The summed E-state index contributed by atoms with van der Waals surface area (Å²) in [7, 11) is 0. The van der Waals surface area contributed by atoms with Crippen LogP contribution in [-0.2, 0) is 26.3 Å². The molecule has 1 aliphatic heterocycles. The molecule has 1 amide bonds. The van der Waals surface area contributed by atoms with Crippen LogP contribution in [0.2, 0.25) is 0 Å². The molecule has 2 fully saturated rings. The number of carboxylic acids is 2. The first kappa shape index (κ1) is 26.2. The number of piperazine rings is 1. The molecule has 3 rings (SSSR count). The van der Waals surface area contributed by atoms with Crippen molar-refractivity contribution >= 4 is 29.2 Å². The van der Waals surface area contributed by atoms with Crippen molar-refractivity contribution in [3.63, 3.8) is 0 Å². The molecule has 10 heteroatoms. The van der Waals surface area contributed by atoms with Crippen molar-refractivity contribution < 1.29 is 24.6 Å². The summed E-state index contributed by atoms with van der Waals surface area (Å²) in [6.45, 7) is 12.1. The molecule has 3 N–H and O–H groups in total. The lowest BCUT2D eigenvalue weighted by Crippen LogP contribution is -2.50. The lowest BCUT2D eigenvalue weighted by atomic mass is 9.93. The second-order valence-corrected chi connectivity index (χ2v) is 10.4. The second kappa shape index (κ2) is 12.3. The number of hydrogen-bond acceptors (Lipinski definition) is 7. The second-order valence-electron chi connectivity index (χ2n) is 9.44. The van der Waals surface area contributed by atoms with Gasteiger partial charge in [0.1, 0.15) is 5.01 Å². The van der Waals surface area contributed by atoms with Crippen LogP contribution < -0.4 is 5.32 Å². The molecule has 180 valence electrons. The van der Waals surface area contributed by atoms with Crippen molar-refractivity contribution in [2.45, 2.75) is 70.9 Å². The zero-order valence-corrected chi connectivity index (χ0v) is 20.1. The Bertz CT molecular complexity index is 751. The van der Waals surface area contributed by atoms with Gasteiger partial charge in [-0.15, -0.1) is 11.3 Å². The van der Waals surface area contributed by atoms with E-state index in [1.165, 1.54) is 30.0 Å². The molecule has 1 saturated carbocycles. The van der Waals surface area contributed by atoms with E-state index in [-0.39, 0.29) is 11.3 Å². The number of amides is 1. The Morgan fingerprint density at radius 2 is 1.59 bits per heavy atom. The average molecular weight is 469 g/mol. The molecule has 32 heavy (non-hydrogen) atoms. The fourth-order valence-corrected chi connectivity index (χ4v) is 4.81. The standard InChI is InChI=1S/C20H34N4OS.C2H2O4/c1-20(2,3)17-15-26-19(22-17)14-24-11-9-23(10-12-24)13-18(25)21-16-7-5-4-6-8-16;3-1(4)2(5)6/h15-16H,4-14H2,1-3H3,(H,21,25);(H,3,4)(H,5,6). The molecule has 0 spiro atoms. The molecule has 2 aliphatic rings. The third-order valence-electron chi connectivity index (χ3n) is 5.66. The molecule has 2 heterocycles. The van der Waals surface area contributed by atoms with E-state index in [1.54, 1.807) is 11.3 Å². The van der Waals surface area contributed by atoms with Crippen molar-refractivity contribution in [1.82, 2.24) is 20.1 Å². The van der Waals surface area contributed by atoms with Crippen molar-refractivity contribution in [3.8, 4) is 0 Å². The first-order chi connectivity index (χ1) is 15.0. The van der Waals surface area contributed by atoms with Crippen LogP contribution in [0.5, 0.6) is 0 Å². The quantitative estimate of drug-likeness (QED) is 0.562. The van der Waals surface area contributed by atoms with Crippen LogP contribution in [0.4, 0.5) is 0 Å². The number of nitrogens with zero attached hydrogens (tertiary/aromatic N) is 3. The Morgan fingerprint density at radius 1 is 1.03 bits per heavy atom. The number of aromatic nitrogens is 1. The van der Waals surface area contributed by atoms with Gasteiger partial charge in [0.05, 0.1) is 18.8 Å². The number of aliphatic carboxylic acids is 2. The van der Waals surface area contributed by atoms with Gasteiger partial charge >= 0.3 is 11.9 Å². The van der Waals surface area contributed by atoms with Crippen LogP contribution in [0.3, 0.4) is 0 Å². The molecular weight excluding hydrogens is 432 g/mol. The Balaban J connectivity index is 0.000000534. The van der Waals surface area contributed by atoms with Crippen LogP contribution in [0.1, 0.15) is 63.6 Å². The number of carbonyl (C=O) groups excluding carboxylic acids is 1. The van der Waals surface area contributed by atoms with Gasteiger partial charge in [0.25, 0.3) is 0 Å². The van der Waals surface area contributed by atoms with Gasteiger partial charge in [-0.2, -0.15) is 0 Å². The van der Waals surface area contributed by atoms with Gasteiger partial charge in [-0.05, 0) is 12.8 Å². The summed E-state index contributed by atoms with van der Waals surface area (Å²) in [4.78, 5) is 40.0. The van der Waals surface area contributed by atoms with Gasteiger partial charge in [-0.3, -0.25) is 14.6 Å². The Hall–Kier alpha value is -2.04. The minimum atomic E-state index is -1.82. The molecule has 1 aliphatic carbocycles. The first-order valence-corrected chi connectivity index (χ1v) is 12.1. The zero-order valence-electron chi connectivity index (χ0n) is 19.3. The van der Waals surface area contributed by atoms with E-state index < -0.39 is 11.9 Å². The summed E-state index contributed by atoms with van der Waals surface area (Å²) in [5.41, 5.74) is 1.31. The minimum Gasteiger partial charge on any atom is -0.473 e. The number of thiazole rings is 1. The maximum atomic E-state index is 12.3. The highest BCUT2D eigenvalue weighted by Crippen LogP contribution is 2.24. The van der Waals surface area contributed by atoms with Crippen LogP contribution in [-0.4, -0.2) is 81.6 Å². The topological polar surface area (TPSA) is 123 Å². The molecule has 0 radical (unpaired) electrons. The molecule has 0 aromatic carbocycles. The van der Waals surface area contributed by atoms with Crippen molar-refractivity contribution in [1.29, 1.82) is 0 Å². The summed E-state index contributed by atoms with van der Waals surface area (Å²) >= 11 is 1.77. The smallest absolute Gasteiger partial charge is 0.414 e. The number of carboxylic acid groups (broad SMARTS) is 2. The highest BCUT2D eigenvalue weighted by molar-refractivity contribution is 7.09. The van der Waals surface area contributed by atoms with Gasteiger partial charge in [0.15, 0.2) is 0 Å². The van der Waals surface area contributed by atoms with E-state index in [9.17, 15) is 4.79 Å². The SMILES string of the molecule is CC(C)(C)c1csc(CN2CCN(CC(=O)NC3CCCCC3)CC2)n1.O=C(O)C(=O)O. The highest BCUT2D eigenvalue weighted by Gasteiger charge is 2.23. The molecule has 9 nitrogen and oxygen atoms in total. The molecule has 0 atom stereocenters. The molecule has 0 bridgehead atoms. The summed E-state index contributed by atoms with van der Waals surface area (Å²) in [6, 6.07) is 0.416. The van der Waals surface area contributed by atoms with Gasteiger partial charge in [-0.1, -0.05) is 40.0 Å². The molecule has 1 saturated heterocycles. The largest absolute Gasteiger partial charge is 0.473 e. The van der Waals surface area contributed by atoms with Crippen LogP contribution in [0.25, 0.3) is 0 Å². The monoisotopic (exact) mass is 468 g/mol. The maximum absolute atomic E-state index is 12.3.